The Hall–Kier alpha value is -2.09. The maximum absolute atomic E-state index is 13.0. The summed E-state index contributed by atoms with van der Waals surface area (Å²) < 4.78 is 39.9. The third kappa shape index (κ3) is 4.17. The van der Waals surface area contributed by atoms with E-state index in [1.165, 1.54) is 35.5 Å². The van der Waals surface area contributed by atoms with Crippen LogP contribution in [0.1, 0.15) is 22.8 Å². The summed E-state index contributed by atoms with van der Waals surface area (Å²) in [4.78, 5) is 13.7. The molecule has 1 fully saturated rings. The van der Waals surface area contributed by atoms with Gasteiger partial charge in [-0.25, -0.2) is 12.8 Å². The van der Waals surface area contributed by atoms with Crippen LogP contribution in [0.2, 0.25) is 0 Å². The fourth-order valence-electron chi connectivity index (χ4n) is 2.99. The van der Waals surface area contributed by atoms with Crippen LogP contribution >= 0.6 is 0 Å². The largest absolute Gasteiger partial charge is 0.296 e. The first kappa shape index (κ1) is 18.7. The van der Waals surface area contributed by atoms with Gasteiger partial charge in [-0.1, -0.05) is 24.3 Å². The lowest BCUT2D eigenvalue weighted by Gasteiger charge is -2.34. The molecule has 0 saturated carbocycles. The van der Waals surface area contributed by atoms with Crippen molar-refractivity contribution < 1.29 is 17.6 Å². The topological polar surface area (TPSA) is 57.7 Å². The zero-order valence-corrected chi connectivity index (χ0v) is 15.4. The summed E-state index contributed by atoms with van der Waals surface area (Å²) in [6.45, 7) is 4.14. The van der Waals surface area contributed by atoms with Crippen molar-refractivity contribution in [3.05, 3.63) is 65.5 Å². The summed E-state index contributed by atoms with van der Waals surface area (Å²) in [6.07, 6.45) is 0. The highest BCUT2D eigenvalue weighted by Gasteiger charge is 2.28. The predicted octanol–water partition coefficient (Wildman–Crippen LogP) is 2.53. The fraction of sp³-hybridized carbons (Fsp3) is 0.316. The van der Waals surface area contributed by atoms with E-state index in [4.69, 9.17) is 0 Å². The molecule has 0 N–H and O–H groups in total. The number of nitrogens with zero attached hydrogens (tertiary/aromatic N) is 2. The minimum Gasteiger partial charge on any atom is -0.296 e. The van der Waals surface area contributed by atoms with E-state index < -0.39 is 10.0 Å². The predicted molar refractivity (Wildman–Crippen MR) is 96.9 cm³/mol. The van der Waals surface area contributed by atoms with Gasteiger partial charge in [0.1, 0.15) is 5.82 Å². The number of hydrogen-bond donors (Lipinski definition) is 0. The smallest absolute Gasteiger partial charge is 0.243 e. The Morgan fingerprint density at radius 2 is 1.54 bits per heavy atom. The number of halogens is 1. The Bertz CT molecular complexity index is 872. The van der Waals surface area contributed by atoms with Crippen molar-refractivity contribution in [3.8, 4) is 0 Å². The van der Waals surface area contributed by atoms with Crippen LogP contribution in [0.4, 0.5) is 4.39 Å². The summed E-state index contributed by atoms with van der Waals surface area (Å²) >= 11 is 0. The molecule has 0 aromatic heterocycles. The molecule has 7 heteroatoms. The van der Waals surface area contributed by atoms with Gasteiger partial charge in [0.2, 0.25) is 10.0 Å². The third-order valence-electron chi connectivity index (χ3n) is 4.55. The zero-order chi connectivity index (χ0) is 18.7. The van der Waals surface area contributed by atoms with Crippen LogP contribution in [0, 0.1) is 5.82 Å². The van der Waals surface area contributed by atoms with E-state index in [1.54, 1.807) is 24.3 Å². The van der Waals surface area contributed by atoms with Gasteiger partial charge in [-0.05, 0) is 36.8 Å². The van der Waals surface area contributed by atoms with Crippen molar-refractivity contribution in [2.45, 2.75) is 18.4 Å². The standard InChI is InChI=1S/C19H21FN2O3S/c1-15(23)17-4-8-19(9-5-17)26(24,25)22-12-10-21(11-13-22)14-16-2-6-18(20)7-3-16/h2-9H,10-14H2,1H3. The minimum atomic E-state index is -3.56. The molecular formula is C19H21FN2O3S. The molecule has 1 heterocycles. The first-order valence-electron chi connectivity index (χ1n) is 8.44. The van der Waals surface area contributed by atoms with Crippen molar-refractivity contribution in [2.75, 3.05) is 26.2 Å². The minimum absolute atomic E-state index is 0.0941. The molecule has 2 aromatic rings. The highest BCUT2D eigenvalue weighted by molar-refractivity contribution is 7.89. The van der Waals surface area contributed by atoms with Gasteiger partial charge in [-0.2, -0.15) is 4.31 Å². The summed E-state index contributed by atoms with van der Waals surface area (Å²) in [6, 6.07) is 12.4. The summed E-state index contributed by atoms with van der Waals surface area (Å²) in [5, 5.41) is 0. The van der Waals surface area contributed by atoms with Crippen molar-refractivity contribution in [3.63, 3.8) is 0 Å². The quantitative estimate of drug-likeness (QED) is 0.753. The highest BCUT2D eigenvalue weighted by atomic mass is 32.2. The normalized spacial score (nSPS) is 16.5. The summed E-state index contributed by atoms with van der Waals surface area (Å²) in [5.74, 6) is -0.358. The lowest BCUT2D eigenvalue weighted by molar-refractivity contribution is 0.101. The van der Waals surface area contributed by atoms with Crippen molar-refractivity contribution in [2.24, 2.45) is 0 Å². The molecule has 2 aromatic carbocycles. The molecule has 1 saturated heterocycles. The number of sulfonamides is 1. The molecule has 3 rings (SSSR count). The average molecular weight is 376 g/mol. The van der Waals surface area contributed by atoms with E-state index in [0.29, 0.717) is 38.3 Å². The monoisotopic (exact) mass is 376 g/mol. The van der Waals surface area contributed by atoms with Crippen molar-refractivity contribution in [1.82, 2.24) is 9.21 Å². The Morgan fingerprint density at radius 3 is 2.08 bits per heavy atom. The number of piperazine rings is 1. The van der Waals surface area contributed by atoms with Crippen LogP contribution in [0.15, 0.2) is 53.4 Å². The molecule has 138 valence electrons. The lowest BCUT2D eigenvalue weighted by atomic mass is 10.2. The van der Waals surface area contributed by atoms with E-state index >= 15 is 0 Å². The first-order valence-corrected chi connectivity index (χ1v) is 9.88. The molecule has 5 nitrogen and oxygen atoms in total. The molecule has 0 unspecified atom stereocenters. The average Bonchev–Trinajstić information content (AvgIpc) is 2.64. The second kappa shape index (κ2) is 7.65. The van der Waals surface area contributed by atoms with Gasteiger partial charge in [0.05, 0.1) is 4.90 Å². The Labute approximate surface area is 153 Å². The number of carbonyl (C=O) groups excluding carboxylic acids is 1. The maximum Gasteiger partial charge on any atom is 0.243 e. The molecule has 26 heavy (non-hydrogen) atoms. The Balaban J connectivity index is 1.62. The zero-order valence-electron chi connectivity index (χ0n) is 14.6. The van der Waals surface area contributed by atoms with Gasteiger partial charge >= 0.3 is 0 Å². The number of benzene rings is 2. The van der Waals surface area contributed by atoms with Crippen molar-refractivity contribution >= 4 is 15.8 Å². The van der Waals surface area contributed by atoms with Crippen LogP contribution in [-0.2, 0) is 16.6 Å². The number of carbonyl (C=O) groups is 1. The first-order chi connectivity index (χ1) is 12.4. The number of Topliss-reactive ketones (excluding diaryl/α,β-unsaturated/α-hetero) is 1. The molecule has 1 aliphatic rings. The van der Waals surface area contributed by atoms with Crippen LogP contribution in [-0.4, -0.2) is 49.6 Å². The third-order valence-corrected chi connectivity index (χ3v) is 6.46. The van der Waals surface area contributed by atoms with Gasteiger partial charge in [-0.15, -0.1) is 0 Å². The SMILES string of the molecule is CC(=O)c1ccc(S(=O)(=O)N2CCN(Cc3ccc(F)cc3)CC2)cc1. The van der Waals surface area contributed by atoms with Crippen LogP contribution < -0.4 is 0 Å². The van der Waals surface area contributed by atoms with Gasteiger partial charge in [0.15, 0.2) is 5.78 Å². The lowest BCUT2D eigenvalue weighted by Crippen LogP contribution is -2.48. The van der Waals surface area contributed by atoms with E-state index in [9.17, 15) is 17.6 Å². The van der Waals surface area contributed by atoms with E-state index in [-0.39, 0.29) is 16.5 Å². The molecule has 0 atom stereocenters. The van der Waals surface area contributed by atoms with E-state index in [0.717, 1.165) is 5.56 Å². The van der Waals surface area contributed by atoms with E-state index in [2.05, 4.69) is 4.90 Å². The van der Waals surface area contributed by atoms with Crippen LogP contribution in [0.5, 0.6) is 0 Å². The molecule has 0 bridgehead atoms. The summed E-state index contributed by atoms with van der Waals surface area (Å²) in [5.41, 5.74) is 1.50. The number of ketones is 1. The van der Waals surface area contributed by atoms with Crippen molar-refractivity contribution in [1.29, 1.82) is 0 Å². The highest BCUT2D eigenvalue weighted by Crippen LogP contribution is 2.19. The molecular weight excluding hydrogens is 355 g/mol. The number of rotatable bonds is 5. The molecule has 0 aliphatic carbocycles. The molecule has 0 amide bonds. The molecule has 1 aliphatic heterocycles. The second-order valence-corrected chi connectivity index (χ2v) is 8.33. The molecule has 0 radical (unpaired) electrons. The Morgan fingerprint density at radius 1 is 0.962 bits per heavy atom. The Kier molecular flexibility index (Phi) is 5.50. The second-order valence-electron chi connectivity index (χ2n) is 6.39. The maximum atomic E-state index is 13.0. The fourth-order valence-corrected chi connectivity index (χ4v) is 4.41. The summed E-state index contributed by atoms with van der Waals surface area (Å²) in [7, 11) is -3.56. The van der Waals surface area contributed by atoms with E-state index in [1.807, 2.05) is 0 Å². The molecule has 0 spiro atoms. The van der Waals surface area contributed by atoms with Gasteiger partial charge in [0, 0.05) is 38.3 Å². The van der Waals surface area contributed by atoms with Gasteiger partial charge in [-0.3, -0.25) is 9.69 Å². The van der Waals surface area contributed by atoms with Crippen LogP contribution in [0.25, 0.3) is 0 Å². The number of hydrogen-bond acceptors (Lipinski definition) is 4. The van der Waals surface area contributed by atoms with Crippen LogP contribution in [0.3, 0.4) is 0 Å². The van der Waals surface area contributed by atoms with Gasteiger partial charge < -0.3 is 0 Å². The van der Waals surface area contributed by atoms with Gasteiger partial charge in [0.25, 0.3) is 0 Å².